The molecule has 0 spiro atoms. The molecule has 9 heteroatoms. The number of rotatable bonds is 2. The van der Waals surface area contributed by atoms with Gasteiger partial charge in [0.05, 0.1) is 13.7 Å². The molecule has 2 unspecified atom stereocenters. The number of amides is 2. The van der Waals surface area contributed by atoms with Crippen LogP contribution in [0.25, 0.3) is 0 Å². The number of carbonyl (C=O) groups excluding carboxylic acids is 3. The van der Waals surface area contributed by atoms with Crippen molar-refractivity contribution in [1.29, 1.82) is 0 Å². The summed E-state index contributed by atoms with van der Waals surface area (Å²) >= 11 is 0. The monoisotopic (exact) mass is 342 g/mol. The van der Waals surface area contributed by atoms with Crippen molar-refractivity contribution >= 4 is 17.9 Å². The molecule has 1 aromatic heterocycles. The first-order valence-electron chi connectivity index (χ1n) is 7.58. The van der Waals surface area contributed by atoms with E-state index in [1.54, 1.807) is 30.3 Å². The van der Waals surface area contributed by atoms with Crippen molar-refractivity contribution in [1.82, 2.24) is 19.7 Å². The summed E-state index contributed by atoms with van der Waals surface area (Å²) in [5.74, 6) is -1.05. The van der Waals surface area contributed by atoms with E-state index in [-0.39, 0.29) is 18.1 Å². The second-order valence-corrected chi connectivity index (χ2v) is 5.81. The molecule has 0 saturated carbocycles. The second kappa shape index (κ2) is 5.42. The van der Waals surface area contributed by atoms with Crippen molar-refractivity contribution in [3.8, 4) is 0 Å². The standard InChI is InChI=1S/C16H14N4O5/c1-25-15(22)13-12-10(11-8-18(13)16(23)20(11)24)7-19(17-12)14(21)9-5-3-2-4-6-9/h2-7,11,13,24H,8H2,1H3. The summed E-state index contributed by atoms with van der Waals surface area (Å²) in [5.41, 5.74) is 1.11. The van der Waals surface area contributed by atoms with Crippen LogP contribution < -0.4 is 0 Å². The molecule has 128 valence electrons. The van der Waals surface area contributed by atoms with Crippen molar-refractivity contribution in [3.63, 3.8) is 0 Å². The normalized spacial score (nSPS) is 21.3. The third-order valence-corrected chi connectivity index (χ3v) is 4.46. The van der Waals surface area contributed by atoms with Crippen LogP contribution in [0.1, 0.15) is 33.7 Å². The van der Waals surface area contributed by atoms with Gasteiger partial charge in [0.1, 0.15) is 11.7 Å². The summed E-state index contributed by atoms with van der Waals surface area (Å²) in [6.07, 6.45) is 1.45. The van der Waals surface area contributed by atoms with Crippen molar-refractivity contribution in [2.24, 2.45) is 0 Å². The van der Waals surface area contributed by atoms with E-state index in [9.17, 15) is 19.6 Å². The summed E-state index contributed by atoms with van der Waals surface area (Å²) in [5, 5.41) is 14.8. The van der Waals surface area contributed by atoms with E-state index in [2.05, 4.69) is 5.10 Å². The lowest BCUT2D eigenvalue weighted by molar-refractivity contribution is -0.146. The first-order chi connectivity index (χ1) is 12.0. The first kappa shape index (κ1) is 15.3. The number of ether oxygens (including phenoxy) is 1. The van der Waals surface area contributed by atoms with E-state index < -0.39 is 24.1 Å². The Hall–Kier alpha value is -3.20. The van der Waals surface area contributed by atoms with Gasteiger partial charge in [-0.3, -0.25) is 10.0 Å². The fraction of sp³-hybridized carbons (Fsp3) is 0.250. The number of aromatic nitrogens is 2. The molecule has 1 fully saturated rings. The van der Waals surface area contributed by atoms with E-state index >= 15 is 0 Å². The number of urea groups is 1. The van der Waals surface area contributed by atoms with Crippen molar-refractivity contribution in [2.75, 3.05) is 13.7 Å². The van der Waals surface area contributed by atoms with Gasteiger partial charge >= 0.3 is 12.0 Å². The molecular formula is C16H14N4O5. The maximum Gasteiger partial charge on any atom is 0.345 e. The fourth-order valence-electron chi connectivity index (χ4n) is 3.24. The van der Waals surface area contributed by atoms with Gasteiger partial charge in [-0.05, 0) is 12.1 Å². The largest absolute Gasteiger partial charge is 0.467 e. The maximum absolute atomic E-state index is 12.6. The topological polar surface area (TPSA) is 105 Å². The van der Waals surface area contributed by atoms with Crippen LogP contribution in [0.4, 0.5) is 4.79 Å². The molecule has 0 radical (unpaired) electrons. The number of methoxy groups -OCH3 is 1. The van der Waals surface area contributed by atoms with Gasteiger partial charge in [-0.2, -0.15) is 10.2 Å². The molecule has 2 aliphatic heterocycles. The number of hydrogen-bond donors (Lipinski definition) is 1. The number of benzene rings is 1. The minimum atomic E-state index is -1.09. The Morgan fingerprint density at radius 3 is 2.68 bits per heavy atom. The van der Waals surface area contributed by atoms with Gasteiger partial charge in [-0.15, -0.1) is 0 Å². The first-order valence-corrected chi connectivity index (χ1v) is 7.58. The lowest BCUT2D eigenvalue weighted by Gasteiger charge is -2.27. The smallest absolute Gasteiger partial charge is 0.345 e. The molecule has 2 amide bonds. The van der Waals surface area contributed by atoms with Gasteiger partial charge in [0.25, 0.3) is 5.91 Å². The minimum Gasteiger partial charge on any atom is -0.467 e. The predicted octanol–water partition coefficient (Wildman–Crippen LogP) is 0.967. The molecule has 4 rings (SSSR count). The van der Waals surface area contributed by atoms with Crippen LogP contribution in [0.15, 0.2) is 36.5 Å². The molecule has 2 aromatic rings. The molecular weight excluding hydrogens is 328 g/mol. The molecule has 0 aliphatic carbocycles. The molecule has 2 atom stereocenters. The zero-order valence-electron chi connectivity index (χ0n) is 13.2. The van der Waals surface area contributed by atoms with Crippen LogP contribution in [-0.4, -0.2) is 56.5 Å². The zero-order valence-corrected chi connectivity index (χ0v) is 13.2. The van der Waals surface area contributed by atoms with Gasteiger partial charge in [0.2, 0.25) is 0 Å². The molecule has 3 heterocycles. The predicted molar refractivity (Wildman–Crippen MR) is 81.6 cm³/mol. The summed E-state index contributed by atoms with van der Waals surface area (Å²) in [7, 11) is 1.21. The highest BCUT2D eigenvalue weighted by atomic mass is 16.5. The highest BCUT2D eigenvalue weighted by Crippen LogP contribution is 2.42. The molecule has 1 N–H and O–H groups in total. The third-order valence-electron chi connectivity index (χ3n) is 4.46. The molecule has 9 nitrogen and oxygen atoms in total. The van der Waals surface area contributed by atoms with Crippen LogP contribution in [0.3, 0.4) is 0 Å². The number of hydroxylamine groups is 2. The van der Waals surface area contributed by atoms with Crippen LogP contribution in [-0.2, 0) is 9.53 Å². The Morgan fingerprint density at radius 2 is 2.00 bits per heavy atom. The quantitative estimate of drug-likeness (QED) is 0.644. The highest BCUT2D eigenvalue weighted by Gasteiger charge is 2.52. The van der Waals surface area contributed by atoms with Crippen LogP contribution >= 0.6 is 0 Å². The van der Waals surface area contributed by atoms with E-state index in [1.165, 1.54) is 18.2 Å². The highest BCUT2D eigenvalue weighted by molar-refractivity contribution is 5.95. The Morgan fingerprint density at radius 1 is 1.28 bits per heavy atom. The van der Waals surface area contributed by atoms with Gasteiger partial charge in [0.15, 0.2) is 6.04 Å². The molecule has 2 aliphatic rings. The number of carbonyl (C=O) groups is 3. The number of nitrogens with zero attached hydrogens (tertiary/aromatic N) is 4. The van der Waals surface area contributed by atoms with Crippen LogP contribution in [0.2, 0.25) is 0 Å². The van der Waals surface area contributed by atoms with Gasteiger partial charge in [-0.1, -0.05) is 18.2 Å². The number of fused-ring (bicyclic) bond motifs is 4. The second-order valence-electron chi connectivity index (χ2n) is 5.81. The Bertz CT molecular complexity index is 878. The molecule has 2 bridgehead atoms. The fourth-order valence-corrected chi connectivity index (χ4v) is 3.24. The summed E-state index contributed by atoms with van der Waals surface area (Å²) in [4.78, 5) is 38.1. The van der Waals surface area contributed by atoms with Crippen molar-refractivity contribution < 1.29 is 24.3 Å². The van der Waals surface area contributed by atoms with E-state index in [0.717, 1.165) is 4.68 Å². The summed E-state index contributed by atoms with van der Waals surface area (Å²) in [6.45, 7) is 0.118. The lowest BCUT2D eigenvalue weighted by Crippen LogP contribution is -2.39. The Balaban J connectivity index is 1.80. The van der Waals surface area contributed by atoms with Gasteiger partial charge < -0.3 is 9.64 Å². The van der Waals surface area contributed by atoms with Gasteiger partial charge in [-0.25, -0.2) is 14.3 Å². The van der Waals surface area contributed by atoms with Crippen LogP contribution in [0.5, 0.6) is 0 Å². The third kappa shape index (κ3) is 2.13. The maximum atomic E-state index is 12.6. The van der Waals surface area contributed by atoms with E-state index in [4.69, 9.17) is 4.74 Å². The molecule has 1 aromatic carbocycles. The van der Waals surface area contributed by atoms with Crippen molar-refractivity contribution in [3.05, 3.63) is 53.3 Å². The Kier molecular flexibility index (Phi) is 3.32. The van der Waals surface area contributed by atoms with E-state index in [0.29, 0.717) is 16.2 Å². The van der Waals surface area contributed by atoms with Gasteiger partial charge in [0, 0.05) is 17.3 Å². The average molecular weight is 342 g/mol. The molecule has 1 saturated heterocycles. The average Bonchev–Trinajstić information content (AvgIpc) is 3.19. The van der Waals surface area contributed by atoms with Crippen LogP contribution in [0, 0.1) is 0 Å². The molecule has 25 heavy (non-hydrogen) atoms. The SMILES string of the molecule is COC(=O)C1c2nn(C(=O)c3ccccc3)cc2C2CN1C(=O)N2O. The minimum absolute atomic E-state index is 0.118. The van der Waals surface area contributed by atoms with Crippen molar-refractivity contribution in [2.45, 2.75) is 12.1 Å². The summed E-state index contributed by atoms with van der Waals surface area (Å²) in [6, 6.07) is 6.09. The number of hydrogen-bond acceptors (Lipinski definition) is 6. The Labute approximate surface area is 142 Å². The summed E-state index contributed by atoms with van der Waals surface area (Å²) < 4.78 is 5.89. The number of esters is 1. The van der Waals surface area contributed by atoms with E-state index in [1.807, 2.05) is 0 Å². The zero-order chi connectivity index (χ0) is 17.7. The lowest BCUT2D eigenvalue weighted by atomic mass is 9.98.